The predicted molar refractivity (Wildman–Crippen MR) is 77.7 cm³/mol. The summed E-state index contributed by atoms with van der Waals surface area (Å²) in [6.07, 6.45) is 9.70. The van der Waals surface area contributed by atoms with Gasteiger partial charge >= 0.3 is 0 Å². The molecule has 96 valence electrons. The van der Waals surface area contributed by atoms with Crippen molar-refractivity contribution in [2.75, 3.05) is 0 Å². The highest BCUT2D eigenvalue weighted by Gasteiger charge is 2.34. The highest BCUT2D eigenvalue weighted by Crippen LogP contribution is 2.34. The Morgan fingerprint density at radius 1 is 1.06 bits per heavy atom. The summed E-state index contributed by atoms with van der Waals surface area (Å²) in [7, 11) is 0. The van der Waals surface area contributed by atoms with Crippen LogP contribution in [0.15, 0.2) is 54.6 Å². The summed E-state index contributed by atoms with van der Waals surface area (Å²) in [6.45, 7) is 5.68. The largest absolute Gasteiger partial charge is 0.299 e. The minimum atomic E-state index is -0.416. The van der Waals surface area contributed by atoms with E-state index in [2.05, 4.69) is 24.3 Å². The monoisotopic (exact) mass is 242 g/mol. The van der Waals surface area contributed by atoms with Gasteiger partial charge in [-0.15, -0.1) is 0 Å². The van der Waals surface area contributed by atoms with E-state index in [0.717, 1.165) is 18.4 Å². The Hall–Kier alpha value is -1.63. The van der Waals surface area contributed by atoms with Gasteiger partial charge in [0.15, 0.2) is 0 Å². The van der Waals surface area contributed by atoms with Crippen LogP contribution in [0.5, 0.6) is 0 Å². The lowest BCUT2D eigenvalue weighted by molar-refractivity contribution is -0.122. The minimum Gasteiger partial charge on any atom is -0.299 e. The smallest absolute Gasteiger partial charge is 0.140 e. The van der Waals surface area contributed by atoms with Gasteiger partial charge in [-0.25, -0.2) is 0 Å². The van der Waals surface area contributed by atoms with E-state index in [0.29, 0.717) is 0 Å². The third-order valence-corrected chi connectivity index (χ3v) is 3.40. The lowest BCUT2D eigenvalue weighted by atomic mass is 9.72. The number of hydrogen-bond donors (Lipinski definition) is 0. The molecule has 0 atom stereocenters. The van der Waals surface area contributed by atoms with E-state index in [1.807, 2.05) is 44.2 Å². The molecule has 0 heterocycles. The fourth-order valence-corrected chi connectivity index (χ4v) is 2.21. The Bertz CT molecular complexity index is 412. The molecular weight excluding hydrogens is 220 g/mol. The molecule has 0 unspecified atom stereocenters. The molecule has 0 fully saturated rings. The number of carbonyl (C=O) groups is 1. The maximum absolute atomic E-state index is 12.2. The van der Waals surface area contributed by atoms with Gasteiger partial charge in [-0.05, 0) is 39.2 Å². The average Bonchev–Trinajstić information content (AvgIpc) is 2.40. The highest BCUT2D eigenvalue weighted by atomic mass is 16.1. The third kappa shape index (κ3) is 3.19. The zero-order valence-corrected chi connectivity index (χ0v) is 11.5. The first kappa shape index (κ1) is 14.4. The molecule has 1 heteroatoms. The number of benzene rings is 1. The van der Waals surface area contributed by atoms with Crippen LogP contribution < -0.4 is 0 Å². The van der Waals surface area contributed by atoms with Crippen molar-refractivity contribution in [3.05, 3.63) is 60.2 Å². The molecule has 1 aromatic carbocycles. The fourth-order valence-electron chi connectivity index (χ4n) is 2.21. The van der Waals surface area contributed by atoms with Crippen molar-refractivity contribution in [1.29, 1.82) is 0 Å². The predicted octanol–water partition coefficient (Wildman–Crippen LogP) is 4.45. The van der Waals surface area contributed by atoms with E-state index in [-0.39, 0.29) is 5.78 Å². The molecule has 0 bridgehead atoms. The Morgan fingerprint density at radius 3 is 1.94 bits per heavy atom. The molecule has 0 aliphatic heterocycles. The van der Waals surface area contributed by atoms with E-state index < -0.39 is 5.41 Å². The molecule has 0 aliphatic rings. The van der Waals surface area contributed by atoms with Crippen molar-refractivity contribution in [2.45, 2.75) is 39.0 Å². The molecule has 0 spiro atoms. The minimum absolute atomic E-state index is 0.227. The van der Waals surface area contributed by atoms with Crippen molar-refractivity contribution in [3.8, 4) is 0 Å². The van der Waals surface area contributed by atoms with Crippen molar-refractivity contribution >= 4 is 5.78 Å². The molecule has 0 N–H and O–H groups in total. The van der Waals surface area contributed by atoms with Crippen molar-refractivity contribution in [1.82, 2.24) is 0 Å². The molecule has 18 heavy (non-hydrogen) atoms. The van der Waals surface area contributed by atoms with Gasteiger partial charge in [-0.2, -0.15) is 0 Å². The Kier molecular flexibility index (Phi) is 5.57. The first-order chi connectivity index (χ1) is 8.67. The van der Waals surface area contributed by atoms with Crippen LogP contribution in [0.2, 0.25) is 0 Å². The maximum atomic E-state index is 12.2. The van der Waals surface area contributed by atoms with Crippen LogP contribution in [0.25, 0.3) is 0 Å². The zero-order valence-electron chi connectivity index (χ0n) is 11.5. The standard InChI is InChI=1S/C17H22O/c1-4-6-13-17(15(3)18,14-7-5-2)16-11-9-8-10-12-16/h4-12H,13-14H2,1-3H3/b6-4+,7-5+. The second-order valence-electron chi connectivity index (χ2n) is 4.55. The van der Waals surface area contributed by atoms with Crippen LogP contribution in [-0.2, 0) is 10.2 Å². The molecule has 0 radical (unpaired) electrons. The van der Waals surface area contributed by atoms with Gasteiger partial charge in [0.25, 0.3) is 0 Å². The summed E-state index contributed by atoms with van der Waals surface area (Å²) in [5.41, 5.74) is 0.689. The molecular formula is C17H22O. The van der Waals surface area contributed by atoms with Gasteiger partial charge in [0, 0.05) is 0 Å². The molecule has 1 nitrogen and oxygen atoms in total. The first-order valence-electron chi connectivity index (χ1n) is 6.46. The van der Waals surface area contributed by atoms with E-state index in [4.69, 9.17) is 0 Å². The summed E-state index contributed by atoms with van der Waals surface area (Å²) in [5.74, 6) is 0.227. The third-order valence-electron chi connectivity index (χ3n) is 3.40. The summed E-state index contributed by atoms with van der Waals surface area (Å²) in [6, 6.07) is 10.1. The van der Waals surface area contributed by atoms with Crippen LogP contribution in [0.3, 0.4) is 0 Å². The average molecular weight is 242 g/mol. The van der Waals surface area contributed by atoms with Gasteiger partial charge in [0.2, 0.25) is 0 Å². The summed E-state index contributed by atoms with van der Waals surface area (Å²) in [5, 5.41) is 0. The second-order valence-corrected chi connectivity index (χ2v) is 4.55. The van der Waals surface area contributed by atoms with Gasteiger partial charge in [-0.3, -0.25) is 4.79 Å². The summed E-state index contributed by atoms with van der Waals surface area (Å²) < 4.78 is 0. The van der Waals surface area contributed by atoms with Crippen molar-refractivity contribution < 1.29 is 4.79 Å². The fraction of sp³-hybridized carbons (Fsp3) is 0.353. The molecule has 0 amide bonds. The van der Waals surface area contributed by atoms with Crippen molar-refractivity contribution in [2.24, 2.45) is 0 Å². The summed E-state index contributed by atoms with van der Waals surface area (Å²) >= 11 is 0. The van der Waals surface area contributed by atoms with Crippen molar-refractivity contribution in [3.63, 3.8) is 0 Å². The molecule has 0 saturated carbocycles. The quantitative estimate of drug-likeness (QED) is 0.674. The zero-order chi connectivity index (χ0) is 13.4. The number of carbonyl (C=O) groups excluding carboxylic acids is 1. The van der Waals surface area contributed by atoms with Gasteiger partial charge in [0.05, 0.1) is 5.41 Å². The van der Waals surface area contributed by atoms with E-state index in [9.17, 15) is 4.79 Å². The lowest BCUT2D eigenvalue weighted by Gasteiger charge is -2.30. The topological polar surface area (TPSA) is 17.1 Å². The molecule has 0 aliphatic carbocycles. The first-order valence-corrected chi connectivity index (χ1v) is 6.46. The van der Waals surface area contributed by atoms with E-state index in [1.165, 1.54) is 0 Å². The van der Waals surface area contributed by atoms with Crippen LogP contribution >= 0.6 is 0 Å². The SMILES string of the molecule is C/C=C/CC(C/C=C/C)(C(C)=O)c1ccccc1. The number of ketones is 1. The van der Waals surface area contributed by atoms with Gasteiger partial charge < -0.3 is 0 Å². The van der Waals surface area contributed by atoms with Crippen LogP contribution in [-0.4, -0.2) is 5.78 Å². The summed E-state index contributed by atoms with van der Waals surface area (Å²) in [4.78, 5) is 12.2. The Labute approximate surface area is 110 Å². The highest BCUT2D eigenvalue weighted by molar-refractivity contribution is 5.88. The number of hydrogen-bond acceptors (Lipinski definition) is 1. The van der Waals surface area contributed by atoms with Crippen LogP contribution in [0.4, 0.5) is 0 Å². The molecule has 0 aromatic heterocycles. The van der Waals surface area contributed by atoms with E-state index >= 15 is 0 Å². The number of rotatable bonds is 6. The molecule has 1 aromatic rings. The van der Waals surface area contributed by atoms with Crippen LogP contribution in [0, 0.1) is 0 Å². The number of allylic oxidation sites excluding steroid dienone is 4. The molecule has 1 rings (SSSR count). The maximum Gasteiger partial charge on any atom is 0.140 e. The normalized spacial score (nSPS) is 12.4. The van der Waals surface area contributed by atoms with Crippen LogP contribution in [0.1, 0.15) is 39.2 Å². The molecule has 0 saturated heterocycles. The lowest BCUT2D eigenvalue weighted by Crippen LogP contribution is -2.33. The second kappa shape index (κ2) is 6.95. The van der Waals surface area contributed by atoms with Gasteiger partial charge in [0.1, 0.15) is 5.78 Å². The Morgan fingerprint density at radius 2 is 1.56 bits per heavy atom. The van der Waals surface area contributed by atoms with E-state index in [1.54, 1.807) is 6.92 Å². The number of Topliss-reactive ketones (excluding diaryl/α,β-unsaturated/α-hetero) is 1. The Balaban J connectivity index is 3.23. The van der Waals surface area contributed by atoms with Gasteiger partial charge in [-0.1, -0.05) is 54.6 Å².